The van der Waals surface area contributed by atoms with Gasteiger partial charge in [-0.3, -0.25) is 4.79 Å². The van der Waals surface area contributed by atoms with Crippen molar-refractivity contribution in [2.45, 2.75) is 11.3 Å². The van der Waals surface area contributed by atoms with Gasteiger partial charge in [0.25, 0.3) is 15.9 Å². The summed E-state index contributed by atoms with van der Waals surface area (Å²) < 4.78 is 34.3. The summed E-state index contributed by atoms with van der Waals surface area (Å²) in [5, 5.41) is 3.23. The Morgan fingerprint density at radius 1 is 1.28 bits per heavy atom. The summed E-state index contributed by atoms with van der Waals surface area (Å²) in [5.74, 6) is 0.103. The van der Waals surface area contributed by atoms with E-state index in [2.05, 4.69) is 9.71 Å². The number of hydrogen-bond acceptors (Lipinski definition) is 4. The van der Waals surface area contributed by atoms with Gasteiger partial charge in [-0.1, -0.05) is 17.7 Å². The van der Waals surface area contributed by atoms with Crippen LogP contribution in [-0.2, 0) is 16.4 Å². The second kappa shape index (κ2) is 10.3. The molecule has 0 aliphatic carbocycles. The van der Waals surface area contributed by atoms with Gasteiger partial charge in [0.05, 0.1) is 12.7 Å². The Morgan fingerprint density at radius 2 is 2.00 bits per heavy atom. The second-order valence-electron chi connectivity index (χ2n) is 6.27. The molecule has 0 atom stereocenters. The molecule has 7 nitrogen and oxygen atoms in total. The normalized spacial score (nSPS) is 11.5. The van der Waals surface area contributed by atoms with E-state index in [-0.39, 0.29) is 10.8 Å². The van der Waals surface area contributed by atoms with Gasteiger partial charge in [0.2, 0.25) is 0 Å². The predicted octanol–water partition coefficient (Wildman–Crippen LogP) is 3.20. The minimum Gasteiger partial charge on any atom is -0.496 e. The van der Waals surface area contributed by atoms with Crippen molar-refractivity contribution in [1.82, 2.24) is 10.2 Å². The zero-order chi connectivity index (χ0) is 21.6. The third-order valence-corrected chi connectivity index (χ3v) is 6.60. The number of carbonyl (C=O) groups is 1. The van der Waals surface area contributed by atoms with Gasteiger partial charge in [-0.15, -0.1) is 4.40 Å². The van der Waals surface area contributed by atoms with Crippen molar-refractivity contribution in [3.05, 3.63) is 56.1 Å². The molecule has 2 rings (SSSR count). The fourth-order valence-corrected chi connectivity index (χ4v) is 4.77. The van der Waals surface area contributed by atoms with Crippen LogP contribution in [0, 0.1) is 3.57 Å². The van der Waals surface area contributed by atoms with E-state index in [1.54, 1.807) is 43.3 Å². The number of nitrogens with zero attached hydrogens (tertiary/aromatic N) is 2. The lowest BCUT2D eigenvalue weighted by atomic mass is 10.1. The van der Waals surface area contributed by atoms with Gasteiger partial charge in [0.1, 0.15) is 17.0 Å². The highest BCUT2D eigenvalue weighted by Crippen LogP contribution is 2.23. The Hall–Kier alpha value is -1.85. The molecule has 0 fully saturated rings. The first-order valence-electron chi connectivity index (χ1n) is 8.51. The molecule has 0 radical (unpaired) electrons. The van der Waals surface area contributed by atoms with Gasteiger partial charge in [0.15, 0.2) is 0 Å². The molecule has 2 aromatic rings. The summed E-state index contributed by atoms with van der Waals surface area (Å²) in [4.78, 5) is 14.1. The van der Waals surface area contributed by atoms with E-state index >= 15 is 0 Å². The van der Waals surface area contributed by atoms with Crippen LogP contribution in [0.15, 0.2) is 45.7 Å². The molecule has 10 heteroatoms. The minimum absolute atomic E-state index is 0.136. The van der Waals surface area contributed by atoms with Crippen LogP contribution >= 0.6 is 34.2 Å². The van der Waals surface area contributed by atoms with E-state index < -0.39 is 10.0 Å². The molecular weight excluding hydrogens is 529 g/mol. The lowest BCUT2D eigenvalue weighted by Gasteiger charge is -2.11. The van der Waals surface area contributed by atoms with Crippen molar-refractivity contribution in [2.24, 2.45) is 4.40 Å². The minimum atomic E-state index is -3.80. The van der Waals surface area contributed by atoms with Crippen molar-refractivity contribution in [3.63, 3.8) is 0 Å². The van der Waals surface area contributed by atoms with Gasteiger partial charge in [-0.25, -0.2) is 0 Å². The summed E-state index contributed by atoms with van der Waals surface area (Å²) >= 11 is 7.92. The quantitative estimate of drug-likeness (QED) is 0.310. The Morgan fingerprint density at radius 3 is 2.66 bits per heavy atom. The van der Waals surface area contributed by atoms with Crippen LogP contribution in [0.2, 0.25) is 5.02 Å². The molecule has 0 aromatic heterocycles. The molecule has 1 N–H and O–H groups in total. The number of carbonyl (C=O) groups excluding carboxylic acids is 1. The monoisotopic (exact) mass is 549 g/mol. The number of rotatable bonds is 8. The Labute approximate surface area is 189 Å². The van der Waals surface area contributed by atoms with Crippen molar-refractivity contribution in [2.75, 3.05) is 27.7 Å². The van der Waals surface area contributed by atoms with Crippen LogP contribution in [0.5, 0.6) is 5.75 Å². The van der Waals surface area contributed by atoms with Crippen LogP contribution in [-0.4, -0.2) is 53.3 Å². The summed E-state index contributed by atoms with van der Waals surface area (Å²) in [6.45, 7) is 0.315. The number of nitrogens with one attached hydrogen (secondary N) is 1. The second-order valence-corrected chi connectivity index (χ2v) is 9.47. The lowest BCUT2D eigenvalue weighted by molar-refractivity contribution is 0.0951. The SMILES string of the molecule is COc1ccc(Cl)cc1C(=O)NCCc1ccc(I)c(S(=O)(=O)/N=C/N(C)C)c1. The summed E-state index contributed by atoms with van der Waals surface area (Å²) in [6.07, 6.45) is 1.70. The number of sulfonamides is 1. The van der Waals surface area contributed by atoms with Gasteiger partial charge < -0.3 is 15.0 Å². The average molecular weight is 550 g/mol. The molecule has 0 spiro atoms. The van der Waals surface area contributed by atoms with Gasteiger partial charge in [-0.2, -0.15) is 8.42 Å². The molecule has 0 aliphatic rings. The van der Waals surface area contributed by atoms with Crippen LogP contribution in [0.3, 0.4) is 0 Å². The molecule has 0 unspecified atom stereocenters. The molecule has 0 heterocycles. The van der Waals surface area contributed by atoms with Crippen LogP contribution in [0.1, 0.15) is 15.9 Å². The third kappa shape index (κ3) is 6.58. The highest BCUT2D eigenvalue weighted by Gasteiger charge is 2.17. The van der Waals surface area contributed by atoms with Crippen LogP contribution < -0.4 is 10.1 Å². The largest absolute Gasteiger partial charge is 0.496 e. The first-order chi connectivity index (χ1) is 13.6. The molecule has 0 bridgehead atoms. The van der Waals surface area contributed by atoms with Gasteiger partial charge in [0, 0.05) is 29.2 Å². The number of benzene rings is 2. The fourth-order valence-electron chi connectivity index (χ4n) is 2.39. The maximum Gasteiger partial charge on any atom is 0.284 e. The molecular formula is C19H21ClIN3O4S. The number of hydrogen-bond donors (Lipinski definition) is 1. The van der Waals surface area contributed by atoms with Crippen LogP contribution in [0.4, 0.5) is 0 Å². The lowest BCUT2D eigenvalue weighted by Crippen LogP contribution is -2.26. The highest BCUT2D eigenvalue weighted by molar-refractivity contribution is 14.1. The van der Waals surface area contributed by atoms with E-state index in [1.165, 1.54) is 19.5 Å². The molecule has 0 aliphatic heterocycles. The van der Waals surface area contributed by atoms with Crippen molar-refractivity contribution < 1.29 is 17.9 Å². The fraction of sp³-hybridized carbons (Fsp3) is 0.263. The third-order valence-electron chi connectivity index (χ3n) is 3.80. The topological polar surface area (TPSA) is 88.1 Å². The van der Waals surface area contributed by atoms with Crippen molar-refractivity contribution in [1.29, 1.82) is 0 Å². The molecule has 156 valence electrons. The molecule has 1 amide bonds. The predicted molar refractivity (Wildman–Crippen MR) is 123 cm³/mol. The molecule has 0 saturated carbocycles. The highest BCUT2D eigenvalue weighted by atomic mass is 127. The number of methoxy groups -OCH3 is 1. The maximum absolute atomic E-state index is 12.5. The zero-order valence-electron chi connectivity index (χ0n) is 16.1. The number of halogens is 2. The van der Waals surface area contributed by atoms with Gasteiger partial charge >= 0.3 is 0 Å². The molecule has 29 heavy (non-hydrogen) atoms. The van der Waals surface area contributed by atoms with E-state index in [9.17, 15) is 13.2 Å². The number of ether oxygens (including phenoxy) is 1. The first-order valence-corrected chi connectivity index (χ1v) is 11.4. The van der Waals surface area contributed by atoms with Crippen LogP contribution in [0.25, 0.3) is 0 Å². The smallest absolute Gasteiger partial charge is 0.284 e. The zero-order valence-corrected chi connectivity index (χ0v) is 19.9. The van der Waals surface area contributed by atoms with E-state index in [0.717, 1.165) is 5.56 Å². The average Bonchev–Trinajstić information content (AvgIpc) is 2.67. The maximum atomic E-state index is 12.5. The van der Waals surface area contributed by atoms with E-state index in [0.29, 0.717) is 32.9 Å². The van der Waals surface area contributed by atoms with Crippen molar-refractivity contribution >= 4 is 56.5 Å². The van der Waals surface area contributed by atoms with Crippen molar-refractivity contribution in [3.8, 4) is 5.75 Å². The summed E-state index contributed by atoms with van der Waals surface area (Å²) in [6, 6.07) is 9.92. The Bertz CT molecular complexity index is 1030. The molecule has 0 saturated heterocycles. The summed E-state index contributed by atoms with van der Waals surface area (Å²) in [7, 11) is 1.06. The van der Waals surface area contributed by atoms with E-state index in [4.69, 9.17) is 16.3 Å². The Kier molecular flexibility index (Phi) is 8.29. The number of amides is 1. The van der Waals surface area contributed by atoms with E-state index in [1.807, 2.05) is 28.7 Å². The Balaban J connectivity index is 2.11. The standard InChI is InChI=1S/C19H21ClIN3O4S/c1-24(2)12-23-29(26,27)18-10-13(4-6-16(18)21)8-9-22-19(25)15-11-14(20)5-7-17(15)28-3/h4-7,10-12H,8-9H2,1-3H3,(H,22,25)/b23-12+. The molecule has 2 aromatic carbocycles. The first kappa shape index (κ1) is 23.4. The summed E-state index contributed by atoms with van der Waals surface area (Å²) in [5.41, 5.74) is 1.10. The van der Waals surface area contributed by atoms with Gasteiger partial charge in [-0.05, 0) is 64.9 Å².